The van der Waals surface area contributed by atoms with Gasteiger partial charge in [-0.2, -0.15) is 0 Å². The zero-order valence-electron chi connectivity index (χ0n) is 17.6. The van der Waals surface area contributed by atoms with Gasteiger partial charge in [-0.05, 0) is 66.1 Å². The van der Waals surface area contributed by atoms with Gasteiger partial charge in [-0.15, -0.1) is 0 Å². The van der Waals surface area contributed by atoms with Crippen LogP contribution in [0.25, 0.3) is 0 Å². The Kier molecular flexibility index (Phi) is 6.39. The van der Waals surface area contributed by atoms with E-state index in [9.17, 15) is 13.2 Å². The van der Waals surface area contributed by atoms with Crippen LogP contribution < -0.4 is 9.04 Å². The lowest BCUT2D eigenvalue weighted by atomic mass is 10.00. The van der Waals surface area contributed by atoms with Gasteiger partial charge in [0.05, 0.1) is 10.6 Å². The number of ether oxygens (including phenoxy) is 1. The first-order chi connectivity index (χ1) is 15.3. The minimum atomic E-state index is -3.71. The average Bonchev–Trinajstić information content (AvgIpc) is 2.82. The van der Waals surface area contributed by atoms with Gasteiger partial charge < -0.3 is 9.64 Å². The molecule has 0 saturated carbocycles. The van der Waals surface area contributed by atoms with Crippen molar-refractivity contribution in [3.8, 4) is 5.75 Å². The number of rotatable bonds is 6. The third-order valence-corrected chi connectivity index (χ3v) is 7.57. The zero-order chi connectivity index (χ0) is 22.7. The summed E-state index contributed by atoms with van der Waals surface area (Å²) in [6, 6.07) is 20.7. The van der Waals surface area contributed by atoms with E-state index in [1.54, 1.807) is 29.2 Å². The van der Waals surface area contributed by atoms with Crippen LogP contribution >= 0.6 is 11.6 Å². The Bertz CT molecular complexity index is 1210. The molecule has 3 aromatic rings. The van der Waals surface area contributed by atoms with Crippen LogP contribution in [0.2, 0.25) is 5.02 Å². The molecule has 0 N–H and O–H groups in total. The Morgan fingerprint density at radius 2 is 1.66 bits per heavy atom. The maximum atomic E-state index is 12.8. The molecular weight excluding hydrogens is 448 g/mol. The van der Waals surface area contributed by atoms with E-state index in [1.165, 1.54) is 46.7 Å². The van der Waals surface area contributed by atoms with Crippen molar-refractivity contribution >= 4 is 33.2 Å². The van der Waals surface area contributed by atoms with Crippen molar-refractivity contribution in [2.45, 2.75) is 17.9 Å². The van der Waals surface area contributed by atoms with Crippen LogP contribution in [0.1, 0.15) is 11.1 Å². The quantitative estimate of drug-likeness (QED) is 0.543. The second kappa shape index (κ2) is 9.22. The van der Waals surface area contributed by atoms with Crippen LogP contribution in [-0.4, -0.2) is 39.4 Å². The van der Waals surface area contributed by atoms with E-state index in [-0.39, 0.29) is 17.4 Å². The van der Waals surface area contributed by atoms with Gasteiger partial charge in [0.1, 0.15) is 5.75 Å². The maximum absolute atomic E-state index is 12.8. The molecule has 0 saturated heterocycles. The highest BCUT2D eigenvalue weighted by Crippen LogP contribution is 2.25. The van der Waals surface area contributed by atoms with Crippen molar-refractivity contribution in [1.82, 2.24) is 4.90 Å². The molecule has 32 heavy (non-hydrogen) atoms. The van der Waals surface area contributed by atoms with Crippen LogP contribution in [0, 0.1) is 0 Å². The van der Waals surface area contributed by atoms with Gasteiger partial charge in [-0.25, -0.2) is 8.42 Å². The molecule has 1 heterocycles. The summed E-state index contributed by atoms with van der Waals surface area (Å²) in [5.74, 6) is 0.419. The number of sulfonamides is 1. The summed E-state index contributed by atoms with van der Waals surface area (Å²) in [6.45, 7) is 1.19. The van der Waals surface area contributed by atoms with Gasteiger partial charge in [0, 0.05) is 25.2 Å². The number of benzene rings is 3. The molecule has 0 spiro atoms. The summed E-state index contributed by atoms with van der Waals surface area (Å²) in [5, 5.41) is 0.469. The van der Waals surface area contributed by atoms with Gasteiger partial charge in [0.25, 0.3) is 15.9 Å². The molecule has 0 fully saturated rings. The monoisotopic (exact) mass is 470 g/mol. The molecule has 166 valence electrons. The molecule has 1 aliphatic heterocycles. The zero-order valence-corrected chi connectivity index (χ0v) is 19.1. The van der Waals surface area contributed by atoms with Crippen molar-refractivity contribution < 1.29 is 17.9 Å². The molecule has 4 rings (SSSR count). The van der Waals surface area contributed by atoms with Crippen LogP contribution in [-0.2, 0) is 27.8 Å². The Balaban J connectivity index is 1.37. The summed E-state index contributed by atoms with van der Waals surface area (Å²) < 4.78 is 32.5. The van der Waals surface area contributed by atoms with Gasteiger partial charge in [0.15, 0.2) is 6.61 Å². The highest BCUT2D eigenvalue weighted by atomic mass is 35.5. The minimum Gasteiger partial charge on any atom is -0.484 e. The van der Waals surface area contributed by atoms with E-state index in [4.69, 9.17) is 16.3 Å². The fraction of sp³-hybridized carbons (Fsp3) is 0.208. The number of hydrogen-bond donors (Lipinski definition) is 0. The summed E-state index contributed by atoms with van der Waals surface area (Å²) in [4.78, 5) is 14.5. The lowest BCUT2D eigenvalue weighted by Gasteiger charge is -2.28. The van der Waals surface area contributed by atoms with Crippen molar-refractivity contribution in [3.63, 3.8) is 0 Å². The molecule has 0 aliphatic carbocycles. The predicted molar refractivity (Wildman–Crippen MR) is 125 cm³/mol. The largest absolute Gasteiger partial charge is 0.484 e. The number of carbonyl (C=O) groups is 1. The third-order valence-electron chi connectivity index (χ3n) is 5.52. The minimum absolute atomic E-state index is 0.0690. The first-order valence-corrected chi connectivity index (χ1v) is 12.0. The number of hydrogen-bond acceptors (Lipinski definition) is 4. The molecule has 1 amide bonds. The Morgan fingerprint density at radius 1 is 1.00 bits per heavy atom. The van der Waals surface area contributed by atoms with Crippen LogP contribution in [0.4, 0.5) is 5.69 Å². The van der Waals surface area contributed by atoms with Crippen molar-refractivity contribution in [1.29, 1.82) is 0 Å². The van der Waals surface area contributed by atoms with Crippen molar-refractivity contribution in [3.05, 3.63) is 88.9 Å². The first kappa shape index (κ1) is 22.2. The summed E-state index contributed by atoms with van der Waals surface area (Å²) in [6.07, 6.45) is 0.838. The molecular formula is C24H23ClN2O4S. The topological polar surface area (TPSA) is 66.9 Å². The smallest absolute Gasteiger partial charge is 0.264 e. The first-order valence-electron chi connectivity index (χ1n) is 10.2. The number of carbonyl (C=O) groups excluding carboxylic acids is 1. The molecule has 0 radical (unpaired) electrons. The Morgan fingerprint density at radius 3 is 2.34 bits per heavy atom. The molecule has 0 atom stereocenters. The standard InChI is InChI=1S/C24H23ClN2O4S/c1-26(32(29,30)23-12-6-20(25)7-13-23)21-8-10-22(11-9-21)31-17-24(28)27-15-14-18-4-2-3-5-19(18)16-27/h2-13H,14-17H2,1H3. The third kappa shape index (κ3) is 4.74. The molecule has 0 aromatic heterocycles. The molecule has 0 bridgehead atoms. The van der Waals surface area contributed by atoms with E-state index in [0.717, 1.165) is 6.42 Å². The fourth-order valence-corrected chi connectivity index (χ4v) is 4.92. The van der Waals surface area contributed by atoms with Gasteiger partial charge in [-0.1, -0.05) is 35.9 Å². The molecule has 8 heteroatoms. The number of halogens is 1. The van der Waals surface area contributed by atoms with Crippen LogP contribution in [0.15, 0.2) is 77.7 Å². The highest BCUT2D eigenvalue weighted by Gasteiger charge is 2.22. The summed E-state index contributed by atoms with van der Waals surface area (Å²) in [7, 11) is -2.23. The van der Waals surface area contributed by atoms with Crippen LogP contribution in [0.5, 0.6) is 5.75 Å². The number of amides is 1. The van der Waals surface area contributed by atoms with E-state index >= 15 is 0 Å². The Labute approximate surface area is 193 Å². The number of anilines is 1. The van der Waals surface area contributed by atoms with Crippen molar-refractivity contribution in [2.24, 2.45) is 0 Å². The second-order valence-electron chi connectivity index (χ2n) is 7.54. The van der Waals surface area contributed by atoms with Gasteiger partial charge in [-0.3, -0.25) is 9.10 Å². The molecule has 6 nitrogen and oxygen atoms in total. The van der Waals surface area contributed by atoms with E-state index in [0.29, 0.717) is 29.5 Å². The Hall–Kier alpha value is -3.03. The number of fused-ring (bicyclic) bond motifs is 1. The highest BCUT2D eigenvalue weighted by molar-refractivity contribution is 7.92. The van der Waals surface area contributed by atoms with Crippen molar-refractivity contribution in [2.75, 3.05) is 24.5 Å². The van der Waals surface area contributed by atoms with Gasteiger partial charge in [0.2, 0.25) is 0 Å². The van der Waals surface area contributed by atoms with Gasteiger partial charge >= 0.3 is 0 Å². The predicted octanol–water partition coefficient (Wildman–Crippen LogP) is 4.13. The van der Waals surface area contributed by atoms with E-state index in [1.807, 2.05) is 18.2 Å². The molecule has 0 unspecified atom stereocenters. The summed E-state index contributed by atoms with van der Waals surface area (Å²) in [5.41, 5.74) is 2.93. The number of nitrogens with zero attached hydrogens (tertiary/aromatic N) is 2. The molecule has 1 aliphatic rings. The summed E-state index contributed by atoms with van der Waals surface area (Å²) >= 11 is 5.85. The molecule has 3 aromatic carbocycles. The maximum Gasteiger partial charge on any atom is 0.264 e. The fourth-order valence-electron chi connectivity index (χ4n) is 3.60. The van der Waals surface area contributed by atoms with E-state index < -0.39 is 10.0 Å². The second-order valence-corrected chi connectivity index (χ2v) is 9.95. The van der Waals surface area contributed by atoms with E-state index in [2.05, 4.69) is 6.07 Å². The lowest BCUT2D eigenvalue weighted by molar-refractivity contribution is -0.134. The normalized spacial score (nSPS) is 13.4. The lowest BCUT2D eigenvalue weighted by Crippen LogP contribution is -2.38. The SMILES string of the molecule is CN(c1ccc(OCC(=O)N2CCc3ccccc3C2)cc1)S(=O)(=O)c1ccc(Cl)cc1. The van der Waals surface area contributed by atoms with Crippen LogP contribution in [0.3, 0.4) is 0 Å². The average molecular weight is 471 g/mol.